The quantitative estimate of drug-likeness (QED) is 0.625. The van der Waals surface area contributed by atoms with E-state index in [0.717, 1.165) is 19.4 Å². The summed E-state index contributed by atoms with van der Waals surface area (Å²) in [5.41, 5.74) is 6.86. The first kappa shape index (κ1) is 17.3. The Balaban J connectivity index is 1.81. The van der Waals surface area contributed by atoms with Crippen molar-refractivity contribution in [3.05, 3.63) is 70.7 Å². The molecule has 3 heteroatoms. The van der Waals surface area contributed by atoms with Crippen LogP contribution in [-0.2, 0) is 19.4 Å². The number of aromatic nitrogens is 1. The molecule has 1 aliphatic rings. The van der Waals surface area contributed by atoms with Crippen LogP contribution in [0.5, 0.6) is 0 Å². The second kappa shape index (κ2) is 6.55. The molecule has 0 N–H and O–H groups in total. The fraction of sp³-hybridized carbons (Fsp3) is 0.391. The fourth-order valence-corrected chi connectivity index (χ4v) is 4.50. The van der Waals surface area contributed by atoms with Crippen LogP contribution in [0.1, 0.15) is 42.3 Å². The summed E-state index contributed by atoms with van der Waals surface area (Å²) in [5.74, 6) is -0.168. The van der Waals surface area contributed by atoms with Gasteiger partial charge in [-0.25, -0.2) is 4.39 Å². The molecule has 0 amide bonds. The second-order valence-electron chi connectivity index (χ2n) is 7.75. The Labute approximate surface area is 155 Å². The number of hydrogen-bond acceptors (Lipinski definition) is 1. The molecule has 1 aliphatic heterocycles. The van der Waals surface area contributed by atoms with Gasteiger partial charge in [0.25, 0.3) is 0 Å². The minimum Gasteiger partial charge on any atom is -0.344 e. The van der Waals surface area contributed by atoms with Crippen LogP contribution in [0.15, 0.2) is 42.5 Å². The van der Waals surface area contributed by atoms with Crippen molar-refractivity contribution in [2.24, 2.45) is 0 Å². The maximum Gasteiger partial charge on any atom is 0.123 e. The van der Waals surface area contributed by atoms with Gasteiger partial charge in [0.1, 0.15) is 5.82 Å². The van der Waals surface area contributed by atoms with Gasteiger partial charge in [-0.3, -0.25) is 4.90 Å². The largest absolute Gasteiger partial charge is 0.344 e. The van der Waals surface area contributed by atoms with E-state index in [1.165, 1.54) is 33.3 Å². The second-order valence-corrected chi connectivity index (χ2v) is 7.75. The molecule has 2 atom stereocenters. The molecule has 1 aromatic heterocycles. The minimum atomic E-state index is -0.168. The Kier molecular flexibility index (Phi) is 4.36. The van der Waals surface area contributed by atoms with Crippen LogP contribution in [0.25, 0.3) is 10.9 Å². The van der Waals surface area contributed by atoms with E-state index < -0.39 is 0 Å². The highest BCUT2D eigenvalue weighted by atomic mass is 19.1. The SMILES string of the molecule is Cc1cccc2c3c(n(CCc4ccc(F)cc4)c12)CC(C)N(C)C3C. The standard InChI is InChI=1S/C23H27FN2/c1-15-6-5-7-20-22-17(3)25(4)16(2)14-21(22)26(23(15)20)13-12-18-8-10-19(24)11-9-18/h5-11,16-17H,12-14H2,1-4H3. The van der Waals surface area contributed by atoms with E-state index in [1.54, 1.807) is 12.1 Å². The van der Waals surface area contributed by atoms with Gasteiger partial charge in [-0.15, -0.1) is 0 Å². The number of aryl methyl sites for hydroxylation is 3. The molecule has 0 bridgehead atoms. The average molecular weight is 350 g/mol. The van der Waals surface area contributed by atoms with Crippen LogP contribution in [-0.4, -0.2) is 22.6 Å². The molecule has 2 heterocycles. The third-order valence-corrected chi connectivity index (χ3v) is 6.18. The molecule has 26 heavy (non-hydrogen) atoms. The first-order valence-corrected chi connectivity index (χ1v) is 9.54. The van der Waals surface area contributed by atoms with Crippen LogP contribution in [0.3, 0.4) is 0 Å². The Morgan fingerprint density at radius 1 is 1.08 bits per heavy atom. The molecule has 136 valence electrons. The van der Waals surface area contributed by atoms with Crippen molar-refractivity contribution < 1.29 is 4.39 Å². The van der Waals surface area contributed by atoms with Crippen LogP contribution in [0, 0.1) is 12.7 Å². The first-order chi connectivity index (χ1) is 12.5. The van der Waals surface area contributed by atoms with Gasteiger partial charge in [0.05, 0.1) is 5.52 Å². The molecule has 0 fully saturated rings. The molecule has 0 radical (unpaired) electrons. The highest BCUT2D eigenvalue weighted by Gasteiger charge is 2.32. The van der Waals surface area contributed by atoms with Crippen LogP contribution in [0.2, 0.25) is 0 Å². The molecular weight excluding hydrogens is 323 g/mol. The zero-order valence-corrected chi connectivity index (χ0v) is 16.1. The van der Waals surface area contributed by atoms with Gasteiger partial charge in [-0.1, -0.05) is 30.3 Å². The van der Waals surface area contributed by atoms with Crippen molar-refractivity contribution in [3.8, 4) is 0 Å². The van der Waals surface area contributed by atoms with Crippen LogP contribution in [0.4, 0.5) is 4.39 Å². The van der Waals surface area contributed by atoms with Gasteiger partial charge in [-0.2, -0.15) is 0 Å². The summed E-state index contributed by atoms with van der Waals surface area (Å²) >= 11 is 0. The van der Waals surface area contributed by atoms with Crippen molar-refractivity contribution in [2.75, 3.05) is 7.05 Å². The smallest absolute Gasteiger partial charge is 0.123 e. The fourth-order valence-electron chi connectivity index (χ4n) is 4.50. The molecule has 3 aromatic rings. The van der Waals surface area contributed by atoms with Crippen LogP contribution >= 0.6 is 0 Å². The number of benzene rings is 2. The lowest BCUT2D eigenvalue weighted by molar-refractivity contribution is 0.177. The van der Waals surface area contributed by atoms with Gasteiger partial charge in [-0.05, 0) is 63.1 Å². The van der Waals surface area contributed by atoms with Gasteiger partial charge in [0.2, 0.25) is 0 Å². The van der Waals surface area contributed by atoms with Gasteiger partial charge in [0, 0.05) is 36.1 Å². The number of halogens is 1. The van der Waals surface area contributed by atoms with E-state index in [0.29, 0.717) is 12.1 Å². The summed E-state index contributed by atoms with van der Waals surface area (Å²) in [4.78, 5) is 2.48. The number of hydrogen-bond donors (Lipinski definition) is 0. The number of rotatable bonds is 3. The van der Waals surface area contributed by atoms with Crippen molar-refractivity contribution in [3.63, 3.8) is 0 Å². The lowest BCUT2D eigenvalue weighted by Crippen LogP contribution is -2.38. The van der Waals surface area contributed by atoms with Crippen LogP contribution < -0.4 is 0 Å². The topological polar surface area (TPSA) is 8.17 Å². The van der Waals surface area contributed by atoms with Gasteiger partial charge >= 0.3 is 0 Å². The Morgan fingerprint density at radius 3 is 2.54 bits per heavy atom. The highest BCUT2D eigenvalue weighted by molar-refractivity contribution is 5.89. The highest BCUT2D eigenvalue weighted by Crippen LogP contribution is 2.40. The lowest BCUT2D eigenvalue weighted by atomic mass is 9.93. The number of fused-ring (bicyclic) bond motifs is 3. The van der Waals surface area contributed by atoms with E-state index in [-0.39, 0.29) is 5.82 Å². The normalized spacial score (nSPS) is 20.5. The third-order valence-electron chi connectivity index (χ3n) is 6.18. The predicted molar refractivity (Wildman–Crippen MR) is 106 cm³/mol. The van der Waals surface area contributed by atoms with Crippen molar-refractivity contribution in [1.29, 1.82) is 0 Å². The summed E-state index contributed by atoms with van der Waals surface area (Å²) in [6, 6.07) is 14.5. The molecule has 2 nitrogen and oxygen atoms in total. The monoisotopic (exact) mass is 350 g/mol. The zero-order valence-electron chi connectivity index (χ0n) is 16.1. The van der Waals surface area contributed by atoms with Crippen molar-refractivity contribution in [2.45, 2.75) is 52.2 Å². The molecule has 0 aliphatic carbocycles. The summed E-state index contributed by atoms with van der Waals surface area (Å²) in [6.45, 7) is 7.78. The number of nitrogens with zero attached hydrogens (tertiary/aromatic N) is 2. The Hall–Kier alpha value is -2.13. The lowest BCUT2D eigenvalue weighted by Gasteiger charge is -2.36. The van der Waals surface area contributed by atoms with E-state index >= 15 is 0 Å². The molecule has 0 spiro atoms. The van der Waals surface area contributed by atoms with Gasteiger partial charge in [0.15, 0.2) is 0 Å². The van der Waals surface area contributed by atoms with Crippen molar-refractivity contribution >= 4 is 10.9 Å². The molecule has 2 aromatic carbocycles. The summed E-state index contributed by atoms with van der Waals surface area (Å²) < 4.78 is 15.7. The molecular formula is C23H27FN2. The number of likely N-dealkylation sites (N-methyl/N-ethyl adjacent to an activating group) is 1. The van der Waals surface area contributed by atoms with E-state index in [9.17, 15) is 4.39 Å². The molecule has 0 saturated carbocycles. The van der Waals surface area contributed by atoms with Gasteiger partial charge < -0.3 is 4.57 Å². The Morgan fingerprint density at radius 2 is 1.81 bits per heavy atom. The molecule has 0 saturated heterocycles. The summed E-state index contributed by atoms with van der Waals surface area (Å²) in [7, 11) is 2.23. The average Bonchev–Trinajstić information content (AvgIpc) is 2.94. The minimum absolute atomic E-state index is 0.168. The Bertz CT molecular complexity index is 939. The first-order valence-electron chi connectivity index (χ1n) is 9.54. The molecule has 2 unspecified atom stereocenters. The van der Waals surface area contributed by atoms with E-state index in [2.05, 4.69) is 55.5 Å². The predicted octanol–water partition coefficient (Wildman–Crippen LogP) is 5.27. The van der Waals surface area contributed by atoms with E-state index in [4.69, 9.17) is 0 Å². The van der Waals surface area contributed by atoms with Crippen molar-refractivity contribution in [1.82, 2.24) is 9.47 Å². The summed E-state index contributed by atoms with van der Waals surface area (Å²) in [5, 5.41) is 1.39. The summed E-state index contributed by atoms with van der Waals surface area (Å²) in [6.07, 6.45) is 2.00. The van der Waals surface area contributed by atoms with E-state index in [1.807, 2.05) is 12.1 Å². The maximum absolute atomic E-state index is 13.2. The zero-order chi connectivity index (χ0) is 18.4. The maximum atomic E-state index is 13.2. The molecule has 4 rings (SSSR count). The third kappa shape index (κ3) is 2.75. The number of para-hydroxylation sites is 1.